The Morgan fingerprint density at radius 2 is 1.76 bits per heavy atom. The standard InChI is InChI=1S/C22H16F3N5O4/c1-11-17(20(32)28-14-6-4-13(5-7-14)19(27)31)21(30-29-18(11)22(23,24)25)34-15-8-3-12(10-26)9-16(15)33-2/h3-9H,1-2H3,(H2,27,31)(H,28,32). The summed E-state index contributed by atoms with van der Waals surface area (Å²) in [5.41, 5.74) is 3.38. The number of benzene rings is 2. The fourth-order valence-electron chi connectivity index (χ4n) is 2.94. The van der Waals surface area contributed by atoms with E-state index in [2.05, 4.69) is 15.5 Å². The van der Waals surface area contributed by atoms with Gasteiger partial charge in [0.15, 0.2) is 17.2 Å². The van der Waals surface area contributed by atoms with Crippen LogP contribution in [0.3, 0.4) is 0 Å². The molecule has 0 aliphatic rings. The summed E-state index contributed by atoms with van der Waals surface area (Å²) < 4.78 is 51.0. The third-order valence-corrected chi connectivity index (χ3v) is 4.61. The van der Waals surface area contributed by atoms with Crippen molar-refractivity contribution >= 4 is 17.5 Å². The van der Waals surface area contributed by atoms with Gasteiger partial charge in [-0.15, -0.1) is 10.2 Å². The van der Waals surface area contributed by atoms with E-state index >= 15 is 0 Å². The Bertz CT molecular complexity index is 1300. The van der Waals surface area contributed by atoms with Gasteiger partial charge in [0, 0.05) is 17.3 Å². The number of aromatic nitrogens is 2. The van der Waals surface area contributed by atoms with Gasteiger partial charge in [-0.2, -0.15) is 18.4 Å². The van der Waals surface area contributed by atoms with Gasteiger partial charge in [0.1, 0.15) is 5.56 Å². The maximum Gasteiger partial charge on any atom is 0.435 e. The molecule has 0 spiro atoms. The third kappa shape index (κ3) is 5.04. The number of amides is 2. The average Bonchev–Trinajstić information content (AvgIpc) is 2.78. The molecule has 0 atom stereocenters. The monoisotopic (exact) mass is 471 g/mol. The van der Waals surface area contributed by atoms with Crippen molar-refractivity contribution in [2.75, 3.05) is 12.4 Å². The lowest BCUT2D eigenvalue weighted by Crippen LogP contribution is -2.21. The zero-order chi connectivity index (χ0) is 25.0. The summed E-state index contributed by atoms with van der Waals surface area (Å²) in [6.07, 6.45) is -4.88. The van der Waals surface area contributed by atoms with Crippen LogP contribution in [0.4, 0.5) is 18.9 Å². The lowest BCUT2D eigenvalue weighted by atomic mass is 10.1. The number of carbonyl (C=O) groups is 2. The molecule has 0 aliphatic carbocycles. The Balaban J connectivity index is 2.06. The Morgan fingerprint density at radius 3 is 2.32 bits per heavy atom. The number of nitrogens with zero attached hydrogens (tertiary/aromatic N) is 3. The fraction of sp³-hybridized carbons (Fsp3) is 0.136. The maximum atomic E-state index is 13.4. The Hall–Kier alpha value is -4.66. The van der Waals surface area contributed by atoms with Crippen molar-refractivity contribution in [1.82, 2.24) is 10.2 Å². The summed E-state index contributed by atoms with van der Waals surface area (Å²) in [5, 5.41) is 18.1. The molecule has 0 fully saturated rings. The number of alkyl halides is 3. The molecule has 0 bridgehead atoms. The normalized spacial score (nSPS) is 10.8. The first-order valence-corrected chi connectivity index (χ1v) is 9.46. The molecular weight excluding hydrogens is 455 g/mol. The van der Waals surface area contributed by atoms with Crippen LogP contribution in [-0.4, -0.2) is 29.1 Å². The van der Waals surface area contributed by atoms with Crippen molar-refractivity contribution in [3.8, 4) is 23.4 Å². The van der Waals surface area contributed by atoms with Crippen LogP contribution < -0.4 is 20.5 Å². The molecule has 3 N–H and O–H groups in total. The number of hydrogen-bond acceptors (Lipinski definition) is 7. The van der Waals surface area contributed by atoms with E-state index < -0.39 is 40.7 Å². The highest BCUT2D eigenvalue weighted by Gasteiger charge is 2.38. The average molecular weight is 471 g/mol. The van der Waals surface area contributed by atoms with Gasteiger partial charge in [0.25, 0.3) is 11.8 Å². The van der Waals surface area contributed by atoms with Gasteiger partial charge < -0.3 is 20.5 Å². The molecule has 3 rings (SSSR count). The molecule has 34 heavy (non-hydrogen) atoms. The van der Waals surface area contributed by atoms with Crippen LogP contribution in [0.2, 0.25) is 0 Å². The molecule has 0 radical (unpaired) electrons. The smallest absolute Gasteiger partial charge is 0.435 e. The predicted molar refractivity (Wildman–Crippen MR) is 112 cm³/mol. The van der Waals surface area contributed by atoms with Crippen LogP contribution in [0.25, 0.3) is 0 Å². The van der Waals surface area contributed by atoms with Crippen LogP contribution in [-0.2, 0) is 6.18 Å². The molecule has 1 heterocycles. The summed E-state index contributed by atoms with van der Waals surface area (Å²) in [6.45, 7) is 1.06. The molecule has 12 heteroatoms. The van der Waals surface area contributed by atoms with Gasteiger partial charge >= 0.3 is 6.18 Å². The molecule has 0 aliphatic heterocycles. The van der Waals surface area contributed by atoms with Crippen LogP contribution in [0, 0.1) is 18.3 Å². The third-order valence-electron chi connectivity index (χ3n) is 4.61. The highest BCUT2D eigenvalue weighted by Crippen LogP contribution is 2.37. The molecule has 9 nitrogen and oxygen atoms in total. The summed E-state index contributed by atoms with van der Waals surface area (Å²) in [7, 11) is 1.30. The SMILES string of the molecule is COc1cc(C#N)ccc1Oc1nnc(C(F)(F)F)c(C)c1C(=O)Nc1ccc(C(N)=O)cc1. The molecule has 0 saturated heterocycles. The van der Waals surface area contributed by atoms with Crippen molar-refractivity contribution in [2.24, 2.45) is 5.73 Å². The van der Waals surface area contributed by atoms with Gasteiger partial charge in [0.2, 0.25) is 5.91 Å². The minimum Gasteiger partial charge on any atom is -0.493 e. The Kier molecular flexibility index (Phi) is 6.67. The van der Waals surface area contributed by atoms with Crippen LogP contribution in [0.15, 0.2) is 42.5 Å². The second-order valence-electron chi connectivity index (χ2n) is 6.83. The number of primary amides is 1. The molecule has 2 amide bonds. The van der Waals surface area contributed by atoms with Crippen molar-refractivity contribution in [3.05, 3.63) is 70.4 Å². The molecule has 0 saturated carbocycles. The quantitative estimate of drug-likeness (QED) is 0.557. The van der Waals surface area contributed by atoms with E-state index in [-0.39, 0.29) is 28.3 Å². The molecule has 174 valence electrons. The number of nitrogens with two attached hydrogens (primary N) is 1. The lowest BCUT2D eigenvalue weighted by Gasteiger charge is -2.17. The van der Waals surface area contributed by atoms with Crippen molar-refractivity contribution < 1.29 is 32.2 Å². The van der Waals surface area contributed by atoms with Crippen molar-refractivity contribution in [3.63, 3.8) is 0 Å². The fourth-order valence-corrected chi connectivity index (χ4v) is 2.94. The molecule has 0 unspecified atom stereocenters. The van der Waals surface area contributed by atoms with Gasteiger partial charge in [-0.05, 0) is 48.9 Å². The first-order chi connectivity index (χ1) is 16.0. The van der Waals surface area contributed by atoms with Gasteiger partial charge in [-0.25, -0.2) is 0 Å². The lowest BCUT2D eigenvalue weighted by molar-refractivity contribution is -0.142. The Morgan fingerprint density at radius 1 is 1.09 bits per heavy atom. The number of halogens is 3. The zero-order valence-corrected chi connectivity index (χ0v) is 17.7. The summed E-state index contributed by atoms with van der Waals surface area (Å²) in [5.74, 6) is -2.08. The van der Waals surface area contributed by atoms with E-state index in [0.717, 1.165) is 6.92 Å². The minimum atomic E-state index is -4.88. The summed E-state index contributed by atoms with van der Waals surface area (Å²) in [4.78, 5) is 24.2. The van der Waals surface area contributed by atoms with E-state index in [1.165, 1.54) is 49.6 Å². The topological polar surface area (TPSA) is 140 Å². The van der Waals surface area contributed by atoms with E-state index in [9.17, 15) is 22.8 Å². The first kappa shape index (κ1) is 24.0. The number of anilines is 1. The molecule has 3 aromatic rings. The van der Waals surface area contributed by atoms with Gasteiger partial charge in [-0.1, -0.05) is 0 Å². The number of hydrogen-bond donors (Lipinski definition) is 2. The molecular formula is C22H16F3N5O4. The minimum absolute atomic E-state index is 0.00480. The van der Waals surface area contributed by atoms with Gasteiger partial charge in [0.05, 0.1) is 18.7 Å². The number of carbonyl (C=O) groups excluding carboxylic acids is 2. The highest BCUT2D eigenvalue weighted by atomic mass is 19.4. The number of rotatable bonds is 6. The predicted octanol–water partition coefficient (Wildman–Crippen LogP) is 3.83. The number of methoxy groups -OCH3 is 1. The number of nitriles is 1. The zero-order valence-electron chi connectivity index (χ0n) is 17.7. The van der Waals surface area contributed by atoms with Crippen LogP contribution >= 0.6 is 0 Å². The second-order valence-corrected chi connectivity index (χ2v) is 6.83. The first-order valence-electron chi connectivity index (χ1n) is 9.46. The Labute approximate surface area is 190 Å². The highest BCUT2D eigenvalue weighted by molar-refractivity contribution is 6.07. The van der Waals surface area contributed by atoms with E-state index in [1.807, 2.05) is 6.07 Å². The largest absolute Gasteiger partial charge is 0.493 e. The van der Waals surface area contributed by atoms with E-state index in [1.54, 1.807) is 0 Å². The van der Waals surface area contributed by atoms with Gasteiger partial charge in [-0.3, -0.25) is 9.59 Å². The van der Waals surface area contributed by atoms with E-state index in [4.69, 9.17) is 20.5 Å². The maximum absolute atomic E-state index is 13.4. The number of nitrogens with one attached hydrogen (secondary N) is 1. The molecule has 2 aromatic carbocycles. The molecule has 1 aromatic heterocycles. The van der Waals surface area contributed by atoms with Crippen molar-refractivity contribution in [1.29, 1.82) is 5.26 Å². The summed E-state index contributed by atoms with van der Waals surface area (Å²) >= 11 is 0. The number of ether oxygens (including phenoxy) is 2. The van der Waals surface area contributed by atoms with E-state index in [0.29, 0.717) is 0 Å². The summed E-state index contributed by atoms with van der Waals surface area (Å²) in [6, 6.07) is 11.4. The van der Waals surface area contributed by atoms with Crippen LogP contribution in [0.1, 0.15) is 37.5 Å². The van der Waals surface area contributed by atoms with Crippen molar-refractivity contribution in [2.45, 2.75) is 13.1 Å². The van der Waals surface area contributed by atoms with Crippen LogP contribution in [0.5, 0.6) is 17.4 Å². The second kappa shape index (κ2) is 9.45.